The number of benzene rings is 1. The van der Waals surface area contributed by atoms with Crippen LogP contribution in [0.3, 0.4) is 0 Å². The molecule has 0 N–H and O–H groups in total. The number of piperidine rings is 1. The van der Waals surface area contributed by atoms with E-state index in [0.717, 1.165) is 31.5 Å². The van der Waals surface area contributed by atoms with Crippen LogP contribution >= 0.6 is 0 Å². The van der Waals surface area contributed by atoms with E-state index >= 15 is 0 Å². The third-order valence-electron chi connectivity index (χ3n) is 5.41. The van der Waals surface area contributed by atoms with Crippen molar-refractivity contribution in [1.82, 2.24) is 9.80 Å². The molecule has 2 aliphatic rings. The maximum atomic E-state index is 13.1. The fourth-order valence-electron chi connectivity index (χ4n) is 3.61. The third-order valence-corrected chi connectivity index (χ3v) is 5.41. The fraction of sp³-hybridized carbons (Fsp3) is 0.600. The molecule has 7 heteroatoms. The van der Waals surface area contributed by atoms with Crippen LogP contribution in [0.4, 0.5) is 0 Å². The summed E-state index contributed by atoms with van der Waals surface area (Å²) in [5, 5.41) is 0. The monoisotopic (exact) mass is 376 g/mol. The summed E-state index contributed by atoms with van der Waals surface area (Å²) in [5.74, 6) is 1.74. The average Bonchev–Trinajstić information content (AvgIpc) is 2.69. The van der Waals surface area contributed by atoms with E-state index in [2.05, 4.69) is 6.92 Å². The van der Waals surface area contributed by atoms with E-state index in [1.165, 1.54) is 0 Å². The minimum Gasteiger partial charge on any atom is -0.497 e. The Morgan fingerprint density at radius 1 is 1.22 bits per heavy atom. The number of hydrogen-bond acceptors (Lipinski definition) is 5. The van der Waals surface area contributed by atoms with Gasteiger partial charge in [-0.1, -0.05) is 6.92 Å². The smallest absolute Gasteiger partial charge is 0.249 e. The van der Waals surface area contributed by atoms with Crippen LogP contribution in [0.5, 0.6) is 11.5 Å². The number of carbonyl (C=O) groups excluding carboxylic acids is 2. The highest BCUT2D eigenvalue weighted by molar-refractivity contribution is 5.89. The molecule has 2 heterocycles. The van der Waals surface area contributed by atoms with Crippen LogP contribution in [0.1, 0.15) is 25.3 Å². The predicted molar refractivity (Wildman–Crippen MR) is 99.7 cm³/mol. The molecular formula is C20H28N2O5. The Morgan fingerprint density at radius 3 is 2.63 bits per heavy atom. The lowest BCUT2D eigenvalue weighted by molar-refractivity contribution is -0.160. The molecule has 0 aromatic heterocycles. The van der Waals surface area contributed by atoms with E-state index in [-0.39, 0.29) is 25.0 Å². The summed E-state index contributed by atoms with van der Waals surface area (Å²) in [7, 11) is 3.17. The summed E-state index contributed by atoms with van der Waals surface area (Å²) < 4.78 is 16.1. The Balaban J connectivity index is 1.78. The van der Waals surface area contributed by atoms with Gasteiger partial charge in [-0.3, -0.25) is 9.59 Å². The van der Waals surface area contributed by atoms with Crippen molar-refractivity contribution in [3.05, 3.63) is 23.8 Å². The zero-order chi connectivity index (χ0) is 19.4. The molecule has 3 rings (SSSR count). The molecule has 1 aromatic rings. The van der Waals surface area contributed by atoms with Crippen molar-refractivity contribution in [1.29, 1.82) is 0 Å². The van der Waals surface area contributed by atoms with Crippen LogP contribution in [0.15, 0.2) is 18.2 Å². The van der Waals surface area contributed by atoms with Crippen LogP contribution in [0.25, 0.3) is 0 Å². The van der Waals surface area contributed by atoms with E-state index in [1.54, 1.807) is 25.2 Å². The zero-order valence-electron chi connectivity index (χ0n) is 16.3. The fourth-order valence-corrected chi connectivity index (χ4v) is 3.61. The normalized spacial score (nSPS) is 21.3. The standard InChI is InChI=1S/C20H28N2O5/c1-14-6-8-21(9-7-14)20(24)17-12-27-13-19(23)22(17)11-15-4-5-16(25-2)10-18(15)26-3/h4-5,10,14,17H,6-9,11-13H2,1-3H3/t17-/m0/s1. The Hall–Kier alpha value is -2.28. The van der Waals surface area contributed by atoms with Gasteiger partial charge >= 0.3 is 0 Å². The van der Waals surface area contributed by atoms with Crippen molar-refractivity contribution >= 4 is 11.8 Å². The number of carbonyl (C=O) groups is 2. The van der Waals surface area contributed by atoms with Gasteiger partial charge in [0, 0.05) is 24.7 Å². The molecule has 7 nitrogen and oxygen atoms in total. The number of ether oxygens (including phenoxy) is 3. The lowest BCUT2D eigenvalue weighted by Crippen LogP contribution is -2.57. The first-order valence-corrected chi connectivity index (χ1v) is 9.40. The second-order valence-electron chi connectivity index (χ2n) is 7.24. The summed E-state index contributed by atoms with van der Waals surface area (Å²) in [6.45, 7) is 4.22. The van der Waals surface area contributed by atoms with E-state index < -0.39 is 6.04 Å². The van der Waals surface area contributed by atoms with Gasteiger partial charge in [0.2, 0.25) is 11.8 Å². The van der Waals surface area contributed by atoms with E-state index in [0.29, 0.717) is 24.0 Å². The lowest BCUT2D eigenvalue weighted by Gasteiger charge is -2.39. The first-order valence-electron chi connectivity index (χ1n) is 9.40. The molecule has 2 aliphatic heterocycles. The highest BCUT2D eigenvalue weighted by atomic mass is 16.5. The molecule has 27 heavy (non-hydrogen) atoms. The second-order valence-corrected chi connectivity index (χ2v) is 7.24. The number of amides is 2. The van der Waals surface area contributed by atoms with Crippen molar-refractivity contribution in [3.8, 4) is 11.5 Å². The number of hydrogen-bond donors (Lipinski definition) is 0. The molecule has 2 saturated heterocycles. The van der Waals surface area contributed by atoms with Crippen LogP contribution in [0, 0.1) is 5.92 Å². The van der Waals surface area contributed by atoms with Gasteiger partial charge in [-0.15, -0.1) is 0 Å². The number of methoxy groups -OCH3 is 2. The third kappa shape index (κ3) is 4.35. The van der Waals surface area contributed by atoms with E-state index in [4.69, 9.17) is 14.2 Å². The topological polar surface area (TPSA) is 68.3 Å². The zero-order valence-corrected chi connectivity index (χ0v) is 16.3. The highest BCUT2D eigenvalue weighted by Gasteiger charge is 2.37. The summed E-state index contributed by atoms with van der Waals surface area (Å²) in [6.07, 6.45) is 2.00. The highest BCUT2D eigenvalue weighted by Crippen LogP contribution is 2.28. The van der Waals surface area contributed by atoms with E-state index in [1.807, 2.05) is 17.0 Å². The van der Waals surface area contributed by atoms with Gasteiger partial charge in [0.25, 0.3) is 0 Å². The largest absolute Gasteiger partial charge is 0.497 e. The first kappa shape index (κ1) is 19.5. The van der Waals surface area contributed by atoms with E-state index in [9.17, 15) is 9.59 Å². The van der Waals surface area contributed by atoms with Crippen molar-refractivity contribution in [2.45, 2.75) is 32.4 Å². The summed E-state index contributed by atoms with van der Waals surface area (Å²) in [4.78, 5) is 29.1. The molecule has 148 valence electrons. The maximum absolute atomic E-state index is 13.1. The number of nitrogens with zero attached hydrogens (tertiary/aromatic N) is 2. The van der Waals surface area contributed by atoms with Crippen LogP contribution in [-0.2, 0) is 20.9 Å². The molecule has 1 atom stereocenters. The molecule has 0 saturated carbocycles. The number of morpholine rings is 1. The Bertz CT molecular complexity index is 685. The van der Waals surface area contributed by atoms with Gasteiger partial charge in [0.15, 0.2) is 0 Å². The molecule has 2 amide bonds. The predicted octanol–water partition coefficient (Wildman–Crippen LogP) is 1.69. The van der Waals surface area contributed by atoms with Gasteiger partial charge in [-0.2, -0.15) is 0 Å². The molecular weight excluding hydrogens is 348 g/mol. The van der Waals surface area contributed by atoms with Gasteiger partial charge in [-0.25, -0.2) is 0 Å². The molecule has 0 aliphatic carbocycles. The molecule has 2 fully saturated rings. The van der Waals surface area contributed by atoms with Gasteiger partial charge in [0.05, 0.1) is 27.4 Å². The summed E-state index contributed by atoms with van der Waals surface area (Å²) >= 11 is 0. The van der Waals surface area contributed by atoms with Crippen molar-refractivity contribution < 1.29 is 23.8 Å². The average molecular weight is 376 g/mol. The Kier molecular flexibility index (Phi) is 6.21. The Labute approximate surface area is 160 Å². The van der Waals surface area contributed by atoms with Gasteiger partial charge in [0.1, 0.15) is 24.1 Å². The van der Waals surface area contributed by atoms with Crippen LogP contribution in [-0.4, -0.2) is 68.2 Å². The van der Waals surface area contributed by atoms with Gasteiger partial charge in [-0.05, 0) is 30.9 Å². The number of rotatable bonds is 5. The van der Waals surface area contributed by atoms with Crippen molar-refractivity contribution in [2.75, 3.05) is 40.5 Å². The minimum absolute atomic E-state index is 0.000710. The van der Waals surface area contributed by atoms with Crippen molar-refractivity contribution in [2.24, 2.45) is 5.92 Å². The summed E-state index contributed by atoms with van der Waals surface area (Å²) in [5.41, 5.74) is 0.832. The lowest BCUT2D eigenvalue weighted by atomic mass is 9.98. The molecule has 0 spiro atoms. The Morgan fingerprint density at radius 2 is 1.96 bits per heavy atom. The molecule has 0 unspecified atom stereocenters. The SMILES string of the molecule is COc1ccc(CN2C(=O)COC[C@H]2C(=O)N2CCC(C)CC2)c(OC)c1. The first-order chi connectivity index (χ1) is 13.0. The van der Waals surface area contributed by atoms with Crippen LogP contribution in [0.2, 0.25) is 0 Å². The molecule has 1 aromatic carbocycles. The van der Waals surface area contributed by atoms with Crippen LogP contribution < -0.4 is 9.47 Å². The number of likely N-dealkylation sites (tertiary alicyclic amines) is 1. The second kappa shape index (κ2) is 8.61. The molecule has 0 radical (unpaired) electrons. The molecule has 0 bridgehead atoms. The minimum atomic E-state index is -0.591. The quantitative estimate of drug-likeness (QED) is 0.782. The summed E-state index contributed by atoms with van der Waals surface area (Å²) in [6, 6.07) is 4.88. The van der Waals surface area contributed by atoms with Crippen molar-refractivity contribution in [3.63, 3.8) is 0 Å². The maximum Gasteiger partial charge on any atom is 0.249 e. The van der Waals surface area contributed by atoms with Gasteiger partial charge < -0.3 is 24.0 Å².